The minimum Gasteiger partial charge on any atom is -0.378 e. The summed E-state index contributed by atoms with van der Waals surface area (Å²) < 4.78 is 5.56. The molecule has 1 aliphatic rings. The lowest BCUT2D eigenvalue weighted by atomic mass is 10.00. The first kappa shape index (κ1) is 14.7. The van der Waals surface area contributed by atoms with Crippen LogP contribution in [0.25, 0.3) is 0 Å². The van der Waals surface area contributed by atoms with Crippen LogP contribution in [-0.2, 0) is 16.1 Å². The van der Waals surface area contributed by atoms with E-state index in [1.165, 1.54) is 0 Å². The Morgan fingerprint density at radius 2 is 1.95 bits per heavy atom. The van der Waals surface area contributed by atoms with Crippen molar-refractivity contribution in [1.29, 1.82) is 0 Å². The van der Waals surface area contributed by atoms with Crippen LogP contribution in [0.5, 0.6) is 0 Å². The van der Waals surface area contributed by atoms with Gasteiger partial charge in [-0.25, -0.2) is 0 Å². The van der Waals surface area contributed by atoms with Crippen molar-refractivity contribution in [2.45, 2.75) is 26.0 Å². The van der Waals surface area contributed by atoms with Crippen LogP contribution in [0.4, 0.5) is 5.69 Å². The number of amides is 1. The number of aromatic nitrogens is 1. The second kappa shape index (κ2) is 6.71. The van der Waals surface area contributed by atoms with Crippen molar-refractivity contribution in [1.82, 2.24) is 4.98 Å². The first-order valence-electron chi connectivity index (χ1n) is 7.62. The Hall–Kier alpha value is -2.20. The van der Waals surface area contributed by atoms with Gasteiger partial charge < -0.3 is 9.64 Å². The molecule has 4 nitrogen and oxygen atoms in total. The maximum absolute atomic E-state index is 13.0. The molecule has 22 heavy (non-hydrogen) atoms. The van der Waals surface area contributed by atoms with E-state index in [4.69, 9.17) is 4.74 Å². The Morgan fingerprint density at radius 3 is 2.59 bits per heavy atom. The molecule has 114 valence electrons. The summed E-state index contributed by atoms with van der Waals surface area (Å²) in [6.45, 7) is 3.20. The van der Waals surface area contributed by atoms with Crippen LogP contribution < -0.4 is 4.90 Å². The third-order valence-electron chi connectivity index (χ3n) is 4.12. The van der Waals surface area contributed by atoms with Crippen LogP contribution in [0, 0.1) is 5.92 Å². The van der Waals surface area contributed by atoms with Gasteiger partial charge in [0.1, 0.15) is 0 Å². The van der Waals surface area contributed by atoms with Gasteiger partial charge in [-0.2, -0.15) is 0 Å². The summed E-state index contributed by atoms with van der Waals surface area (Å²) in [6, 6.07) is 13.8. The van der Waals surface area contributed by atoms with Gasteiger partial charge in [-0.15, -0.1) is 0 Å². The van der Waals surface area contributed by atoms with Crippen LogP contribution in [0.3, 0.4) is 0 Å². The third kappa shape index (κ3) is 3.17. The fraction of sp³-hybridized carbons (Fsp3) is 0.333. The molecule has 0 spiro atoms. The number of pyridine rings is 1. The van der Waals surface area contributed by atoms with Gasteiger partial charge in [0.25, 0.3) is 0 Å². The van der Waals surface area contributed by atoms with Crippen molar-refractivity contribution in [3.63, 3.8) is 0 Å². The van der Waals surface area contributed by atoms with Gasteiger partial charge in [-0.3, -0.25) is 9.78 Å². The number of nitrogens with zero attached hydrogens (tertiary/aromatic N) is 2. The number of anilines is 1. The van der Waals surface area contributed by atoms with Gasteiger partial charge in [-0.05, 0) is 31.0 Å². The predicted molar refractivity (Wildman–Crippen MR) is 85.4 cm³/mol. The number of hydrogen-bond donors (Lipinski definition) is 0. The zero-order valence-electron chi connectivity index (χ0n) is 12.7. The molecule has 1 aliphatic heterocycles. The molecule has 1 saturated heterocycles. The van der Waals surface area contributed by atoms with Gasteiger partial charge in [0.05, 0.1) is 18.6 Å². The monoisotopic (exact) mass is 296 g/mol. The average Bonchev–Trinajstić information content (AvgIpc) is 3.00. The van der Waals surface area contributed by atoms with Crippen LogP contribution in [0.2, 0.25) is 0 Å². The largest absolute Gasteiger partial charge is 0.378 e. The molecule has 0 unspecified atom stereocenters. The van der Waals surface area contributed by atoms with Crippen LogP contribution in [-0.4, -0.2) is 23.6 Å². The molecule has 1 aromatic carbocycles. The molecular formula is C18H20N2O2. The van der Waals surface area contributed by atoms with E-state index in [0.717, 1.165) is 17.7 Å². The van der Waals surface area contributed by atoms with E-state index in [1.807, 2.05) is 54.3 Å². The fourth-order valence-electron chi connectivity index (χ4n) is 2.84. The van der Waals surface area contributed by atoms with Gasteiger partial charge in [0.2, 0.25) is 5.91 Å². The zero-order valence-corrected chi connectivity index (χ0v) is 12.7. The summed E-state index contributed by atoms with van der Waals surface area (Å²) in [7, 11) is 0. The standard InChI is InChI=1S/C18H20N2O2/c1-14-17(9-12-22-14)18(21)20(16-7-10-19-11-8-16)13-15-5-3-2-4-6-15/h2-8,10-11,14,17H,9,12-13H2,1H3/t14-,17-/m0/s1. The van der Waals surface area contributed by atoms with E-state index in [0.29, 0.717) is 13.2 Å². The summed E-state index contributed by atoms with van der Waals surface area (Å²) in [5, 5.41) is 0. The molecule has 0 N–H and O–H groups in total. The fourth-order valence-corrected chi connectivity index (χ4v) is 2.84. The highest BCUT2D eigenvalue weighted by Gasteiger charge is 2.34. The lowest BCUT2D eigenvalue weighted by Gasteiger charge is -2.27. The number of rotatable bonds is 4. The number of carbonyl (C=O) groups excluding carboxylic acids is 1. The molecular weight excluding hydrogens is 276 g/mol. The average molecular weight is 296 g/mol. The summed E-state index contributed by atoms with van der Waals surface area (Å²) in [5.41, 5.74) is 1.99. The normalized spacial score (nSPS) is 20.8. The predicted octanol–water partition coefficient (Wildman–Crippen LogP) is 3.04. The third-order valence-corrected chi connectivity index (χ3v) is 4.12. The molecule has 4 heteroatoms. The Balaban J connectivity index is 1.87. The summed E-state index contributed by atoms with van der Waals surface area (Å²) in [4.78, 5) is 18.9. The van der Waals surface area contributed by atoms with E-state index in [2.05, 4.69) is 4.98 Å². The molecule has 1 amide bonds. The highest BCUT2D eigenvalue weighted by molar-refractivity contribution is 5.95. The van der Waals surface area contributed by atoms with Crippen molar-refractivity contribution < 1.29 is 9.53 Å². The van der Waals surface area contributed by atoms with E-state index < -0.39 is 0 Å². The molecule has 0 saturated carbocycles. The topological polar surface area (TPSA) is 42.4 Å². The molecule has 1 aromatic heterocycles. The number of hydrogen-bond acceptors (Lipinski definition) is 3. The Morgan fingerprint density at radius 1 is 1.23 bits per heavy atom. The van der Waals surface area contributed by atoms with Crippen LogP contribution >= 0.6 is 0 Å². The highest BCUT2D eigenvalue weighted by Crippen LogP contribution is 2.26. The molecule has 2 atom stereocenters. The number of carbonyl (C=O) groups is 1. The van der Waals surface area contributed by atoms with E-state index >= 15 is 0 Å². The van der Waals surface area contributed by atoms with Crippen molar-refractivity contribution in [3.05, 3.63) is 60.4 Å². The Labute approximate surface area is 130 Å². The Kier molecular flexibility index (Phi) is 4.49. The molecule has 2 aromatic rings. The summed E-state index contributed by atoms with van der Waals surface area (Å²) in [6.07, 6.45) is 4.20. The summed E-state index contributed by atoms with van der Waals surface area (Å²) >= 11 is 0. The van der Waals surface area contributed by atoms with Crippen LogP contribution in [0.1, 0.15) is 18.9 Å². The first-order valence-corrected chi connectivity index (χ1v) is 7.62. The molecule has 0 aliphatic carbocycles. The SMILES string of the molecule is C[C@@H]1OCC[C@@H]1C(=O)N(Cc1ccccc1)c1ccncc1. The van der Waals surface area contributed by atoms with E-state index in [-0.39, 0.29) is 17.9 Å². The smallest absolute Gasteiger partial charge is 0.233 e. The number of benzene rings is 1. The maximum Gasteiger partial charge on any atom is 0.233 e. The van der Waals surface area contributed by atoms with Crippen molar-refractivity contribution >= 4 is 11.6 Å². The quantitative estimate of drug-likeness (QED) is 0.871. The second-order valence-corrected chi connectivity index (χ2v) is 5.59. The molecule has 3 rings (SSSR count). The first-order chi connectivity index (χ1) is 10.8. The van der Waals surface area contributed by atoms with Crippen LogP contribution in [0.15, 0.2) is 54.9 Å². The molecule has 0 bridgehead atoms. The zero-order chi connectivity index (χ0) is 15.4. The second-order valence-electron chi connectivity index (χ2n) is 5.59. The molecule has 2 heterocycles. The minimum atomic E-state index is -0.0723. The van der Waals surface area contributed by atoms with Gasteiger partial charge in [0, 0.05) is 24.7 Å². The van der Waals surface area contributed by atoms with Gasteiger partial charge >= 0.3 is 0 Å². The maximum atomic E-state index is 13.0. The summed E-state index contributed by atoms with van der Waals surface area (Å²) in [5.74, 6) is 0.0527. The Bertz CT molecular complexity index is 615. The minimum absolute atomic E-state index is 0.0207. The number of ether oxygens (including phenoxy) is 1. The lowest BCUT2D eigenvalue weighted by Crippen LogP contribution is -2.38. The van der Waals surface area contributed by atoms with E-state index in [9.17, 15) is 4.79 Å². The van der Waals surface area contributed by atoms with Crippen molar-refractivity contribution in [2.24, 2.45) is 5.92 Å². The molecule has 0 radical (unpaired) electrons. The highest BCUT2D eigenvalue weighted by atomic mass is 16.5. The van der Waals surface area contributed by atoms with Crippen molar-refractivity contribution in [2.75, 3.05) is 11.5 Å². The van der Waals surface area contributed by atoms with Crippen molar-refractivity contribution in [3.8, 4) is 0 Å². The van der Waals surface area contributed by atoms with Gasteiger partial charge in [-0.1, -0.05) is 30.3 Å². The lowest BCUT2D eigenvalue weighted by molar-refractivity contribution is -0.123. The van der Waals surface area contributed by atoms with E-state index in [1.54, 1.807) is 12.4 Å². The van der Waals surface area contributed by atoms with Gasteiger partial charge in [0.15, 0.2) is 0 Å². The molecule has 1 fully saturated rings.